The summed E-state index contributed by atoms with van der Waals surface area (Å²) in [6.45, 7) is 1.13. The van der Waals surface area contributed by atoms with Gasteiger partial charge >= 0.3 is 0 Å². The second-order valence-electron chi connectivity index (χ2n) is 4.37. The third kappa shape index (κ3) is 4.31. The third-order valence-corrected chi connectivity index (χ3v) is 2.87. The van der Waals surface area contributed by atoms with Gasteiger partial charge in [-0.3, -0.25) is 0 Å². The predicted octanol–water partition coefficient (Wildman–Crippen LogP) is 1.37. The van der Waals surface area contributed by atoms with Gasteiger partial charge in [0.15, 0.2) is 11.5 Å². The summed E-state index contributed by atoms with van der Waals surface area (Å²) in [5, 5.41) is 11.8. The van der Waals surface area contributed by atoms with Gasteiger partial charge in [-0.15, -0.1) is 0 Å². The van der Waals surface area contributed by atoms with Crippen molar-refractivity contribution in [1.29, 1.82) is 0 Å². The minimum absolute atomic E-state index is 0.0834. The first-order valence-electron chi connectivity index (χ1n) is 6.79. The van der Waals surface area contributed by atoms with Crippen LogP contribution in [0.3, 0.4) is 0 Å². The van der Waals surface area contributed by atoms with Crippen LogP contribution in [0.4, 0.5) is 0 Å². The average Bonchev–Trinajstić information content (AvgIpc) is 2.55. The predicted molar refractivity (Wildman–Crippen MR) is 80.4 cm³/mol. The molecule has 0 saturated heterocycles. The first-order chi connectivity index (χ1) is 10.8. The molecule has 0 spiro atoms. The Morgan fingerprint density at radius 2 is 1.91 bits per heavy atom. The zero-order valence-electron chi connectivity index (χ0n) is 12.6. The Balaban J connectivity index is 2.08. The van der Waals surface area contributed by atoms with Crippen molar-refractivity contribution in [3.05, 3.63) is 36.3 Å². The zero-order chi connectivity index (χ0) is 15.8. The van der Waals surface area contributed by atoms with Gasteiger partial charge in [0.25, 0.3) is 0 Å². The molecule has 1 aromatic heterocycles. The Morgan fingerprint density at radius 1 is 1.09 bits per heavy atom. The van der Waals surface area contributed by atoms with Crippen LogP contribution >= 0.6 is 0 Å². The van der Waals surface area contributed by atoms with Crippen LogP contribution in [0.2, 0.25) is 0 Å². The maximum absolute atomic E-state index is 8.74. The maximum Gasteiger partial charge on any atom is 0.222 e. The van der Waals surface area contributed by atoms with Crippen molar-refractivity contribution in [2.45, 2.75) is 6.54 Å². The largest absolute Gasteiger partial charge is 0.493 e. The second kappa shape index (κ2) is 8.16. The van der Waals surface area contributed by atoms with E-state index in [2.05, 4.69) is 15.3 Å². The molecule has 2 rings (SSSR count). The van der Waals surface area contributed by atoms with Crippen molar-refractivity contribution >= 4 is 0 Å². The number of hydrogen-bond donors (Lipinski definition) is 2. The highest BCUT2D eigenvalue weighted by Crippen LogP contribution is 2.32. The van der Waals surface area contributed by atoms with Crippen molar-refractivity contribution in [3.8, 4) is 23.1 Å². The third-order valence-electron chi connectivity index (χ3n) is 2.87. The van der Waals surface area contributed by atoms with E-state index in [1.54, 1.807) is 38.5 Å². The molecule has 0 radical (unpaired) electrons. The summed E-state index contributed by atoms with van der Waals surface area (Å²) >= 11 is 0. The van der Waals surface area contributed by atoms with E-state index in [4.69, 9.17) is 19.3 Å². The first-order valence-corrected chi connectivity index (χ1v) is 6.79. The highest BCUT2D eigenvalue weighted by molar-refractivity contribution is 5.46. The molecular weight excluding hydrogens is 286 g/mol. The molecule has 7 heteroatoms. The van der Waals surface area contributed by atoms with Gasteiger partial charge in [-0.25, -0.2) is 9.97 Å². The summed E-state index contributed by atoms with van der Waals surface area (Å²) in [6.07, 6.45) is 1.44. The lowest BCUT2D eigenvalue weighted by atomic mass is 10.3. The summed E-state index contributed by atoms with van der Waals surface area (Å²) < 4.78 is 16.1. The molecule has 1 aromatic carbocycles. The van der Waals surface area contributed by atoms with Gasteiger partial charge in [0, 0.05) is 25.2 Å². The molecule has 7 nitrogen and oxygen atoms in total. The molecule has 0 atom stereocenters. The monoisotopic (exact) mass is 305 g/mol. The Labute approximate surface area is 128 Å². The lowest BCUT2D eigenvalue weighted by molar-refractivity contribution is 0.291. The van der Waals surface area contributed by atoms with Crippen molar-refractivity contribution in [1.82, 2.24) is 15.3 Å². The van der Waals surface area contributed by atoms with Crippen molar-refractivity contribution in [2.75, 3.05) is 27.4 Å². The van der Waals surface area contributed by atoms with Crippen LogP contribution in [0.1, 0.15) is 5.69 Å². The Kier molecular flexibility index (Phi) is 5.93. The van der Waals surface area contributed by atoms with Gasteiger partial charge in [0.1, 0.15) is 12.1 Å². The van der Waals surface area contributed by atoms with Gasteiger partial charge in [0.05, 0.1) is 26.5 Å². The van der Waals surface area contributed by atoms with Crippen LogP contribution in [0.25, 0.3) is 0 Å². The minimum Gasteiger partial charge on any atom is -0.493 e. The number of nitrogens with zero attached hydrogens (tertiary/aromatic N) is 2. The molecule has 22 heavy (non-hydrogen) atoms. The SMILES string of the molecule is COc1ccc(Oc2cc(CNCCO)ncn2)cc1OC. The normalized spacial score (nSPS) is 10.3. The van der Waals surface area contributed by atoms with Crippen LogP contribution in [-0.4, -0.2) is 42.4 Å². The van der Waals surface area contributed by atoms with Gasteiger partial charge in [-0.2, -0.15) is 0 Å². The van der Waals surface area contributed by atoms with E-state index in [0.717, 1.165) is 5.69 Å². The summed E-state index contributed by atoms with van der Waals surface area (Å²) in [4.78, 5) is 8.21. The summed E-state index contributed by atoms with van der Waals surface area (Å²) in [5.41, 5.74) is 0.777. The molecule has 1 heterocycles. The van der Waals surface area contributed by atoms with Gasteiger partial charge in [0.2, 0.25) is 5.88 Å². The number of methoxy groups -OCH3 is 2. The second-order valence-corrected chi connectivity index (χ2v) is 4.37. The van der Waals surface area contributed by atoms with Crippen molar-refractivity contribution in [2.24, 2.45) is 0 Å². The van der Waals surface area contributed by atoms with Crippen LogP contribution in [-0.2, 0) is 6.54 Å². The number of nitrogens with one attached hydrogen (secondary N) is 1. The van der Waals surface area contributed by atoms with Gasteiger partial charge in [-0.1, -0.05) is 0 Å². The number of aliphatic hydroxyl groups excluding tert-OH is 1. The molecule has 118 valence electrons. The summed E-state index contributed by atoms with van der Waals surface area (Å²) in [7, 11) is 3.14. The smallest absolute Gasteiger partial charge is 0.222 e. The van der Waals surface area contributed by atoms with Crippen LogP contribution < -0.4 is 19.5 Å². The molecule has 2 aromatic rings. The Bertz CT molecular complexity index is 607. The molecular formula is C15H19N3O4. The van der Waals surface area contributed by atoms with Crippen molar-refractivity contribution < 1.29 is 19.3 Å². The summed E-state index contributed by atoms with van der Waals surface area (Å²) in [6, 6.07) is 7.00. The van der Waals surface area contributed by atoms with Gasteiger partial charge < -0.3 is 24.6 Å². The van der Waals surface area contributed by atoms with E-state index in [9.17, 15) is 0 Å². The molecule has 0 saturated carbocycles. The number of aliphatic hydroxyl groups is 1. The molecule has 0 bridgehead atoms. The lowest BCUT2D eigenvalue weighted by Crippen LogP contribution is -2.18. The molecule has 0 fully saturated rings. The Hall–Kier alpha value is -2.38. The number of benzene rings is 1. The average molecular weight is 305 g/mol. The fourth-order valence-electron chi connectivity index (χ4n) is 1.83. The first kappa shape index (κ1) is 16.0. The van der Waals surface area contributed by atoms with E-state index < -0.39 is 0 Å². The van der Waals surface area contributed by atoms with E-state index in [1.807, 2.05) is 0 Å². The molecule has 0 aliphatic heterocycles. The van der Waals surface area contributed by atoms with Crippen LogP contribution in [0, 0.1) is 0 Å². The minimum atomic E-state index is 0.0834. The van der Waals surface area contributed by atoms with Crippen LogP contribution in [0.5, 0.6) is 23.1 Å². The highest BCUT2D eigenvalue weighted by Gasteiger charge is 2.07. The molecule has 2 N–H and O–H groups in total. The highest BCUT2D eigenvalue weighted by atomic mass is 16.5. The number of ether oxygens (including phenoxy) is 3. The van der Waals surface area contributed by atoms with E-state index >= 15 is 0 Å². The molecule has 0 aliphatic rings. The van der Waals surface area contributed by atoms with Crippen molar-refractivity contribution in [3.63, 3.8) is 0 Å². The van der Waals surface area contributed by atoms with E-state index in [1.165, 1.54) is 6.33 Å². The maximum atomic E-state index is 8.74. The Morgan fingerprint density at radius 3 is 2.64 bits per heavy atom. The fraction of sp³-hybridized carbons (Fsp3) is 0.333. The topological polar surface area (TPSA) is 85.7 Å². The summed E-state index contributed by atoms with van der Waals surface area (Å²) in [5.74, 6) is 2.24. The lowest BCUT2D eigenvalue weighted by Gasteiger charge is -2.10. The molecule has 0 unspecified atom stereocenters. The molecule has 0 aliphatic carbocycles. The number of rotatable bonds is 8. The standard InChI is InChI=1S/C15H19N3O4/c1-20-13-4-3-12(8-14(13)21-2)22-15-7-11(17-10-18-15)9-16-5-6-19/h3-4,7-8,10,16,19H,5-6,9H2,1-2H3. The zero-order valence-corrected chi connectivity index (χ0v) is 12.6. The van der Waals surface area contributed by atoms with Gasteiger partial charge in [-0.05, 0) is 12.1 Å². The fourth-order valence-corrected chi connectivity index (χ4v) is 1.83. The number of aromatic nitrogens is 2. The molecule has 0 amide bonds. The quantitative estimate of drug-likeness (QED) is 0.712. The van der Waals surface area contributed by atoms with E-state index in [-0.39, 0.29) is 6.61 Å². The number of hydrogen-bond acceptors (Lipinski definition) is 7. The van der Waals surface area contributed by atoms with Crippen LogP contribution in [0.15, 0.2) is 30.6 Å². The van der Waals surface area contributed by atoms with E-state index in [0.29, 0.717) is 36.2 Å².